The molecule has 0 aliphatic heterocycles. The van der Waals surface area contributed by atoms with Crippen LogP contribution >= 0.6 is 11.3 Å². The number of benzene rings is 8. The highest BCUT2D eigenvalue weighted by molar-refractivity contribution is 7.25. The molecule has 0 radical (unpaired) electrons. The van der Waals surface area contributed by atoms with E-state index < -0.39 is 0 Å². The van der Waals surface area contributed by atoms with Crippen molar-refractivity contribution < 1.29 is 0 Å². The molecule has 54 heavy (non-hydrogen) atoms. The van der Waals surface area contributed by atoms with Gasteiger partial charge in [-0.15, -0.1) is 11.3 Å². The molecule has 3 aromatic heterocycles. The summed E-state index contributed by atoms with van der Waals surface area (Å²) in [5.74, 6) is 0. The predicted molar refractivity (Wildman–Crippen MR) is 233 cm³/mol. The molecule has 0 bridgehead atoms. The minimum absolute atomic E-state index is 1.11. The molecule has 0 saturated heterocycles. The monoisotopic (exact) mass is 708 g/mol. The van der Waals surface area contributed by atoms with Crippen molar-refractivity contribution in [1.82, 2.24) is 9.13 Å². The molecule has 3 heteroatoms. The van der Waals surface area contributed by atoms with Crippen LogP contribution in [0, 0.1) is 0 Å². The molecular weight excluding hydrogens is 673 g/mol. The van der Waals surface area contributed by atoms with Crippen molar-refractivity contribution in [2.24, 2.45) is 0 Å². The molecule has 3 heterocycles. The fourth-order valence-electron chi connectivity index (χ4n) is 8.75. The summed E-state index contributed by atoms with van der Waals surface area (Å²) in [6, 6.07) is 65.3. The van der Waals surface area contributed by atoms with Gasteiger partial charge in [-0.25, -0.2) is 0 Å². The minimum Gasteiger partial charge on any atom is -0.309 e. The van der Waals surface area contributed by atoms with Gasteiger partial charge in [-0.2, -0.15) is 0 Å². The third-order valence-corrected chi connectivity index (χ3v) is 12.4. The normalized spacial score (nSPS) is 11.9. The number of rotatable bonds is 6. The van der Waals surface area contributed by atoms with Crippen LogP contribution in [0.15, 0.2) is 176 Å². The summed E-state index contributed by atoms with van der Waals surface area (Å²) in [5, 5.41) is 7.69. The Kier molecular flexibility index (Phi) is 7.11. The van der Waals surface area contributed by atoms with Gasteiger partial charge in [0.05, 0.1) is 27.8 Å². The lowest BCUT2D eigenvalue weighted by Gasteiger charge is -2.11. The molecule has 2 nitrogen and oxygen atoms in total. The summed E-state index contributed by atoms with van der Waals surface area (Å²) in [4.78, 5) is 0. The number of hydrogen-bond acceptors (Lipinski definition) is 1. The van der Waals surface area contributed by atoms with Gasteiger partial charge in [-0.05, 0) is 107 Å². The molecular formula is C51H36N2S. The van der Waals surface area contributed by atoms with Gasteiger partial charge in [0.2, 0.25) is 0 Å². The molecule has 0 unspecified atom stereocenters. The average Bonchev–Trinajstić information content (AvgIpc) is 3.88. The summed E-state index contributed by atoms with van der Waals surface area (Å²) in [7, 11) is 0. The second-order valence-corrected chi connectivity index (χ2v) is 15.5. The average molecular weight is 709 g/mol. The van der Waals surface area contributed by atoms with Crippen LogP contribution in [0.5, 0.6) is 0 Å². The first-order valence-electron chi connectivity index (χ1n) is 18.9. The fourth-order valence-corrected chi connectivity index (χ4v) is 9.85. The lowest BCUT2D eigenvalue weighted by atomic mass is 10.0. The number of para-hydroxylation sites is 2. The number of aromatic nitrogens is 2. The molecule has 0 aliphatic carbocycles. The van der Waals surface area contributed by atoms with Gasteiger partial charge in [0.1, 0.15) is 0 Å². The quantitative estimate of drug-likeness (QED) is 0.163. The van der Waals surface area contributed by atoms with Crippen LogP contribution in [0.2, 0.25) is 0 Å². The highest BCUT2D eigenvalue weighted by Crippen LogP contribution is 2.43. The third kappa shape index (κ3) is 4.79. The Morgan fingerprint density at radius 3 is 1.69 bits per heavy atom. The Bertz CT molecular complexity index is 3210. The summed E-state index contributed by atoms with van der Waals surface area (Å²) in [5.41, 5.74) is 13.6. The van der Waals surface area contributed by atoms with Crippen LogP contribution in [0.1, 0.15) is 18.9 Å². The number of fused-ring (bicyclic) bond motifs is 9. The highest BCUT2D eigenvalue weighted by Gasteiger charge is 2.19. The van der Waals surface area contributed by atoms with E-state index in [0.29, 0.717) is 0 Å². The van der Waals surface area contributed by atoms with Gasteiger partial charge < -0.3 is 9.13 Å². The van der Waals surface area contributed by atoms with Gasteiger partial charge in [0.25, 0.3) is 0 Å². The second kappa shape index (κ2) is 12.3. The van der Waals surface area contributed by atoms with Crippen molar-refractivity contribution in [2.45, 2.75) is 19.8 Å². The lowest BCUT2D eigenvalue weighted by molar-refractivity contribution is 0.921. The molecule has 0 aliphatic rings. The van der Waals surface area contributed by atoms with Crippen molar-refractivity contribution in [3.63, 3.8) is 0 Å². The molecule has 0 saturated carbocycles. The number of hydrogen-bond donors (Lipinski definition) is 0. The van der Waals surface area contributed by atoms with Crippen molar-refractivity contribution in [3.05, 3.63) is 181 Å². The first-order valence-corrected chi connectivity index (χ1v) is 19.7. The Balaban J connectivity index is 1.09. The van der Waals surface area contributed by atoms with Gasteiger partial charge in [-0.3, -0.25) is 0 Å². The number of aryl methyl sites for hydroxylation is 1. The van der Waals surface area contributed by atoms with Crippen molar-refractivity contribution >= 4 is 75.1 Å². The van der Waals surface area contributed by atoms with Crippen LogP contribution in [0.4, 0.5) is 0 Å². The van der Waals surface area contributed by atoms with E-state index >= 15 is 0 Å². The molecule has 11 aromatic rings. The van der Waals surface area contributed by atoms with Crippen LogP contribution in [0.25, 0.3) is 97.4 Å². The van der Waals surface area contributed by atoms with E-state index in [1.54, 1.807) is 0 Å². The maximum Gasteiger partial charge on any atom is 0.0555 e. The van der Waals surface area contributed by atoms with E-state index in [9.17, 15) is 0 Å². The first-order chi connectivity index (χ1) is 26.7. The van der Waals surface area contributed by atoms with E-state index in [4.69, 9.17) is 0 Å². The zero-order chi connectivity index (χ0) is 35.8. The molecule has 0 fully saturated rings. The van der Waals surface area contributed by atoms with Gasteiger partial charge >= 0.3 is 0 Å². The number of thiophene rings is 1. The van der Waals surface area contributed by atoms with E-state index in [2.05, 4.69) is 192 Å². The summed E-state index contributed by atoms with van der Waals surface area (Å²) in [6.07, 6.45) is 2.26. The Morgan fingerprint density at radius 2 is 0.981 bits per heavy atom. The highest BCUT2D eigenvalue weighted by atomic mass is 32.1. The van der Waals surface area contributed by atoms with Gasteiger partial charge in [0, 0.05) is 47.4 Å². The first kappa shape index (κ1) is 31.1. The standard InChI is InChI=1S/C51H36N2S/c1-2-11-33-20-25-38(26-21-33)52-44-16-8-6-14-39(44)41-30-36(22-27-46(41)52)37-23-28-47-42(31-37)40-15-7-9-17-45(40)53(47)48-18-10-19-50-51(48)43-32-35(24-29-49(43)54-50)34-12-4-3-5-13-34/h3-10,12-32H,2,11H2,1H3. The summed E-state index contributed by atoms with van der Waals surface area (Å²) < 4.78 is 7.52. The molecule has 256 valence electrons. The van der Waals surface area contributed by atoms with Crippen molar-refractivity contribution in [3.8, 4) is 33.6 Å². The van der Waals surface area contributed by atoms with E-state index in [-0.39, 0.29) is 0 Å². The Labute approximate surface area is 317 Å². The zero-order valence-electron chi connectivity index (χ0n) is 30.0. The smallest absolute Gasteiger partial charge is 0.0555 e. The molecule has 0 spiro atoms. The molecule has 8 aromatic carbocycles. The van der Waals surface area contributed by atoms with E-state index in [0.717, 1.165) is 12.8 Å². The third-order valence-electron chi connectivity index (χ3n) is 11.2. The van der Waals surface area contributed by atoms with Gasteiger partial charge in [-0.1, -0.05) is 116 Å². The van der Waals surface area contributed by atoms with Crippen LogP contribution in [0.3, 0.4) is 0 Å². The maximum atomic E-state index is 2.49. The second-order valence-electron chi connectivity index (χ2n) is 14.4. The summed E-state index contributed by atoms with van der Waals surface area (Å²) in [6.45, 7) is 2.24. The largest absolute Gasteiger partial charge is 0.309 e. The van der Waals surface area contributed by atoms with Crippen molar-refractivity contribution in [2.75, 3.05) is 0 Å². The molecule has 0 atom stereocenters. The van der Waals surface area contributed by atoms with E-state index in [1.165, 1.54) is 103 Å². The van der Waals surface area contributed by atoms with E-state index in [1.807, 2.05) is 11.3 Å². The van der Waals surface area contributed by atoms with Crippen LogP contribution in [-0.4, -0.2) is 9.13 Å². The summed E-state index contributed by atoms with van der Waals surface area (Å²) >= 11 is 1.88. The Morgan fingerprint density at radius 1 is 0.407 bits per heavy atom. The zero-order valence-corrected chi connectivity index (χ0v) is 30.8. The number of nitrogens with zero attached hydrogens (tertiary/aromatic N) is 2. The predicted octanol–water partition coefficient (Wildman–Crippen LogP) is 14.5. The lowest BCUT2D eigenvalue weighted by Crippen LogP contribution is -1.95. The van der Waals surface area contributed by atoms with Gasteiger partial charge in [0.15, 0.2) is 0 Å². The Hall–Kier alpha value is -6.42. The molecule has 0 N–H and O–H groups in total. The fraction of sp³-hybridized carbons (Fsp3) is 0.0588. The topological polar surface area (TPSA) is 9.86 Å². The molecule has 11 rings (SSSR count). The molecule has 0 amide bonds. The minimum atomic E-state index is 1.11. The van der Waals surface area contributed by atoms with Crippen LogP contribution < -0.4 is 0 Å². The maximum absolute atomic E-state index is 2.49. The van der Waals surface area contributed by atoms with Crippen molar-refractivity contribution in [1.29, 1.82) is 0 Å². The van der Waals surface area contributed by atoms with Crippen LogP contribution in [-0.2, 0) is 6.42 Å². The SMILES string of the molecule is CCCc1ccc(-n2c3ccccc3c3cc(-c4ccc5c(c4)c4ccccc4n5-c4cccc5sc6ccc(-c7ccccc7)cc6c45)ccc32)cc1.